The number of aromatic nitrogens is 2. The Hall–Kier alpha value is -1.94. The van der Waals surface area contributed by atoms with Crippen LogP contribution in [0.1, 0.15) is 22.5 Å². The maximum absolute atomic E-state index is 11.8. The van der Waals surface area contributed by atoms with Gasteiger partial charge in [-0.15, -0.1) is 0 Å². The number of nitrogens with zero attached hydrogens (tertiary/aromatic N) is 2. The van der Waals surface area contributed by atoms with Crippen LogP contribution in [0.3, 0.4) is 0 Å². The van der Waals surface area contributed by atoms with Gasteiger partial charge in [0, 0.05) is 11.8 Å². The summed E-state index contributed by atoms with van der Waals surface area (Å²) in [4.78, 5) is 22.8. The Balaban J connectivity index is 2.58. The van der Waals surface area contributed by atoms with Gasteiger partial charge in [-0.1, -0.05) is 6.07 Å². The minimum absolute atomic E-state index is 0.161. The molecule has 0 amide bonds. The second kappa shape index (κ2) is 5.59. The first-order valence-corrected chi connectivity index (χ1v) is 6.62. The van der Waals surface area contributed by atoms with Gasteiger partial charge in [-0.2, -0.15) is 5.10 Å². The zero-order chi connectivity index (χ0) is 14.9. The normalized spacial score (nSPS) is 10.6. The lowest BCUT2D eigenvalue weighted by atomic mass is 10.1. The van der Waals surface area contributed by atoms with E-state index < -0.39 is 5.24 Å². The van der Waals surface area contributed by atoms with Crippen LogP contribution in [0.5, 0.6) is 0 Å². The summed E-state index contributed by atoms with van der Waals surface area (Å²) in [6.45, 7) is 5.85. The van der Waals surface area contributed by atoms with Gasteiger partial charge in [0.15, 0.2) is 0 Å². The quantitative estimate of drug-likeness (QED) is 0.816. The molecule has 0 radical (unpaired) electrons. The number of hydrogen-bond acceptors (Lipinski definition) is 3. The Bertz CT molecular complexity index is 735. The molecule has 0 aliphatic rings. The average Bonchev–Trinajstić information content (AvgIpc) is 2.36. The standard InChI is InChI=1S/C15H15ClN2O2/c1-9-4-5-12(6-10(9)2)18-11(3)7-14(19)13(17-18)8-15(16)20/h4-7H,8H2,1-3H3. The van der Waals surface area contributed by atoms with Gasteiger partial charge in [-0.05, 0) is 55.6 Å². The summed E-state index contributed by atoms with van der Waals surface area (Å²) in [5, 5.41) is 3.66. The molecule has 1 aromatic carbocycles. The zero-order valence-electron chi connectivity index (χ0n) is 11.6. The third kappa shape index (κ3) is 2.96. The second-order valence-corrected chi connectivity index (χ2v) is 5.23. The zero-order valence-corrected chi connectivity index (χ0v) is 12.4. The van der Waals surface area contributed by atoms with Gasteiger partial charge in [0.2, 0.25) is 10.7 Å². The fourth-order valence-corrected chi connectivity index (χ4v) is 2.08. The predicted octanol–water partition coefficient (Wildman–Crippen LogP) is 2.47. The lowest BCUT2D eigenvalue weighted by molar-refractivity contribution is -0.111. The Morgan fingerprint density at radius 2 is 1.90 bits per heavy atom. The molecule has 0 atom stereocenters. The van der Waals surface area contributed by atoms with E-state index in [4.69, 9.17) is 11.6 Å². The van der Waals surface area contributed by atoms with Crippen LogP contribution in [-0.2, 0) is 11.2 Å². The van der Waals surface area contributed by atoms with Crippen molar-refractivity contribution in [1.29, 1.82) is 0 Å². The Kier molecular flexibility index (Phi) is 4.04. The van der Waals surface area contributed by atoms with Crippen LogP contribution in [0, 0.1) is 20.8 Å². The molecule has 0 unspecified atom stereocenters. The van der Waals surface area contributed by atoms with Crippen LogP contribution in [0.25, 0.3) is 5.69 Å². The van der Waals surface area contributed by atoms with E-state index in [1.54, 1.807) is 11.6 Å². The van der Waals surface area contributed by atoms with E-state index in [2.05, 4.69) is 5.10 Å². The van der Waals surface area contributed by atoms with Crippen molar-refractivity contribution in [1.82, 2.24) is 9.78 Å². The molecule has 5 heteroatoms. The molecule has 1 heterocycles. The van der Waals surface area contributed by atoms with Crippen LogP contribution < -0.4 is 5.43 Å². The average molecular weight is 291 g/mol. The molecule has 0 aliphatic carbocycles. The van der Waals surface area contributed by atoms with E-state index in [-0.39, 0.29) is 17.5 Å². The van der Waals surface area contributed by atoms with Crippen molar-refractivity contribution in [3.63, 3.8) is 0 Å². The first kappa shape index (κ1) is 14.5. The summed E-state index contributed by atoms with van der Waals surface area (Å²) >= 11 is 5.34. The molecule has 1 aromatic heterocycles. The minimum Gasteiger partial charge on any atom is -0.288 e. The van der Waals surface area contributed by atoms with Crippen molar-refractivity contribution in [2.45, 2.75) is 27.2 Å². The van der Waals surface area contributed by atoms with Crippen molar-refractivity contribution in [2.75, 3.05) is 0 Å². The summed E-state index contributed by atoms with van der Waals surface area (Å²) < 4.78 is 1.66. The highest BCUT2D eigenvalue weighted by Crippen LogP contribution is 2.14. The Labute approximate surface area is 122 Å². The smallest absolute Gasteiger partial charge is 0.227 e. The summed E-state index contributed by atoms with van der Waals surface area (Å²) in [5.41, 5.74) is 3.78. The summed E-state index contributed by atoms with van der Waals surface area (Å²) in [6, 6.07) is 7.39. The van der Waals surface area contributed by atoms with E-state index in [1.165, 1.54) is 11.6 Å². The molecule has 20 heavy (non-hydrogen) atoms. The SMILES string of the molecule is Cc1ccc(-n2nc(CC(=O)Cl)c(=O)cc2C)cc1C. The molecule has 0 fully saturated rings. The molecule has 0 saturated heterocycles. The van der Waals surface area contributed by atoms with Crippen LogP contribution in [0.2, 0.25) is 0 Å². The summed E-state index contributed by atoms with van der Waals surface area (Å²) in [6.07, 6.45) is -0.161. The number of rotatable bonds is 3. The van der Waals surface area contributed by atoms with Crippen LogP contribution in [-0.4, -0.2) is 15.0 Å². The Morgan fingerprint density at radius 3 is 2.50 bits per heavy atom. The van der Waals surface area contributed by atoms with Crippen LogP contribution in [0.4, 0.5) is 0 Å². The van der Waals surface area contributed by atoms with E-state index in [0.717, 1.165) is 11.3 Å². The maximum Gasteiger partial charge on any atom is 0.227 e. The molecule has 0 spiro atoms. The first-order chi connectivity index (χ1) is 9.38. The molecule has 2 rings (SSSR count). The molecule has 2 aromatic rings. The topological polar surface area (TPSA) is 52.0 Å². The fraction of sp³-hybridized carbons (Fsp3) is 0.267. The second-order valence-electron chi connectivity index (χ2n) is 4.81. The fourth-order valence-electron chi connectivity index (χ4n) is 1.96. The van der Waals surface area contributed by atoms with E-state index in [9.17, 15) is 9.59 Å². The highest BCUT2D eigenvalue weighted by molar-refractivity contribution is 6.63. The number of aryl methyl sites for hydroxylation is 3. The monoisotopic (exact) mass is 290 g/mol. The lowest BCUT2D eigenvalue weighted by Crippen LogP contribution is -2.20. The third-order valence-corrected chi connectivity index (χ3v) is 3.35. The summed E-state index contributed by atoms with van der Waals surface area (Å²) in [5.74, 6) is 0. The lowest BCUT2D eigenvalue weighted by Gasteiger charge is -2.12. The molecule has 0 aliphatic heterocycles. The number of hydrogen-bond donors (Lipinski definition) is 0. The maximum atomic E-state index is 11.8. The number of carbonyl (C=O) groups excluding carboxylic acids is 1. The van der Waals surface area contributed by atoms with Gasteiger partial charge in [0.1, 0.15) is 5.69 Å². The number of benzene rings is 1. The number of carbonyl (C=O) groups is 1. The van der Waals surface area contributed by atoms with Crippen molar-refractivity contribution in [3.05, 3.63) is 57.0 Å². The van der Waals surface area contributed by atoms with Crippen molar-refractivity contribution in [2.24, 2.45) is 0 Å². The summed E-state index contributed by atoms with van der Waals surface area (Å²) in [7, 11) is 0. The Morgan fingerprint density at radius 1 is 1.20 bits per heavy atom. The first-order valence-electron chi connectivity index (χ1n) is 6.24. The third-order valence-electron chi connectivity index (χ3n) is 3.22. The van der Waals surface area contributed by atoms with Gasteiger partial charge in [-0.3, -0.25) is 9.59 Å². The van der Waals surface area contributed by atoms with Gasteiger partial charge in [0.25, 0.3) is 0 Å². The van der Waals surface area contributed by atoms with Gasteiger partial charge >= 0.3 is 0 Å². The van der Waals surface area contributed by atoms with E-state index >= 15 is 0 Å². The molecule has 0 N–H and O–H groups in total. The van der Waals surface area contributed by atoms with E-state index in [0.29, 0.717) is 5.69 Å². The van der Waals surface area contributed by atoms with Gasteiger partial charge in [0.05, 0.1) is 12.1 Å². The molecular formula is C15H15ClN2O2. The highest BCUT2D eigenvalue weighted by atomic mass is 35.5. The van der Waals surface area contributed by atoms with Crippen molar-refractivity contribution < 1.29 is 4.79 Å². The molecule has 4 nitrogen and oxygen atoms in total. The van der Waals surface area contributed by atoms with Crippen LogP contribution in [0.15, 0.2) is 29.1 Å². The van der Waals surface area contributed by atoms with Crippen molar-refractivity contribution >= 4 is 16.8 Å². The molecular weight excluding hydrogens is 276 g/mol. The van der Waals surface area contributed by atoms with Crippen molar-refractivity contribution in [3.8, 4) is 5.69 Å². The minimum atomic E-state index is -0.593. The molecule has 104 valence electrons. The number of halogens is 1. The predicted molar refractivity (Wildman–Crippen MR) is 78.6 cm³/mol. The molecule has 0 bridgehead atoms. The highest BCUT2D eigenvalue weighted by Gasteiger charge is 2.10. The van der Waals surface area contributed by atoms with Gasteiger partial charge < -0.3 is 0 Å². The largest absolute Gasteiger partial charge is 0.288 e. The molecule has 0 saturated carbocycles. The van der Waals surface area contributed by atoms with Gasteiger partial charge in [-0.25, -0.2) is 4.68 Å². The van der Waals surface area contributed by atoms with E-state index in [1.807, 2.05) is 32.0 Å². The van der Waals surface area contributed by atoms with Crippen LogP contribution >= 0.6 is 11.6 Å².